The standard InChI is InChI=1S/C16H18ClNS/c1-11-6-7-16(19-11)13-8-9-18-10-14(13)12-4-2-3-5-15(12)17/h2-7,13-14,18H,8-10H2,1H3. The van der Waals surface area contributed by atoms with E-state index in [1.54, 1.807) is 0 Å². The minimum atomic E-state index is 0.487. The molecule has 2 heterocycles. The van der Waals surface area contributed by atoms with Gasteiger partial charge >= 0.3 is 0 Å². The molecule has 0 spiro atoms. The van der Waals surface area contributed by atoms with E-state index in [1.807, 2.05) is 23.5 Å². The van der Waals surface area contributed by atoms with Gasteiger partial charge in [0, 0.05) is 33.2 Å². The van der Waals surface area contributed by atoms with E-state index in [4.69, 9.17) is 11.6 Å². The SMILES string of the molecule is Cc1ccc(C2CCNCC2c2ccccc2Cl)s1. The van der Waals surface area contributed by atoms with Gasteiger partial charge in [0.05, 0.1) is 0 Å². The number of aryl methyl sites for hydroxylation is 1. The van der Waals surface area contributed by atoms with Gasteiger partial charge in [0.2, 0.25) is 0 Å². The lowest BCUT2D eigenvalue weighted by Gasteiger charge is -2.32. The molecule has 1 aliphatic heterocycles. The Morgan fingerprint density at radius 2 is 2.00 bits per heavy atom. The number of nitrogens with one attached hydrogen (secondary N) is 1. The predicted molar refractivity (Wildman–Crippen MR) is 83.5 cm³/mol. The van der Waals surface area contributed by atoms with Crippen LogP contribution in [0.3, 0.4) is 0 Å². The molecule has 1 aromatic carbocycles. The number of piperidine rings is 1. The summed E-state index contributed by atoms with van der Waals surface area (Å²) in [5, 5.41) is 4.41. The first-order valence-electron chi connectivity index (χ1n) is 6.77. The molecular weight excluding hydrogens is 274 g/mol. The Balaban J connectivity index is 1.96. The highest BCUT2D eigenvalue weighted by Crippen LogP contribution is 2.41. The van der Waals surface area contributed by atoms with Crippen LogP contribution in [-0.4, -0.2) is 13.1 Å². The number of benzene rings is 1. The van der Waals surface area contributed by atoms with Crippen molar-refractivity contribution in [1.82, 2.24) is 5.32 Å². The third-order valence-electron chi connectivity index (χ3n) is 3.91. The highest BCUT2D eigenvalue weighted by Gasteiger charge is 2.29. The fourth-order valence-corrected chi connectivity index (χ4v) is 4.31. The topological polar surface area (TPSA) is 12.0 Å². The smallest absolute Gasteiger partial charge is 0.0441 e. The van der Waals surface area contributed by atoms with E-state index < -0.39 is 0 Å². The molecule has 2 aromatic rings. The van der Waals surface area contributed by atoms with Gasteiger partial charge in [-0.05, 0) is 43.7 Å². The maximum atomic E-state index is 6.39. The largest absolute Gasteiger partial charge is 0.316 e. The second-order valence-corrected chi connectivity index (χ2v) is 6.90. The van der Waals surface area contributed by atoms with Crippen molar-refractivity contribution in [1.29, 1.82) is 0 Å². The van der Waals surface area contributed by atoms with Crippen LogP contribution in [0.5, 0.6) is 0 Å². The van der Waals surface area contributed by atoms with Crippen molar-refractivity contribution in [2.75, 3.05) is 13.1 Å². The normalized spacial score (nSPS) is 23.5. The number of thiophene rings is 1. The summed E-state index contributed by atoms with van der Waals surface area (Å²) in [7, 11) is 0. The average molecular weight is 292 g/mol. The number of hydrogen-bond acceptors (Lipinski definition) is 2. The van der Waals surface area contributed by atoms with Crippen molar-refractivity contribution in [3.8, 4) is 0 Å². The van der Waals surface area contributed by atoms with Gasteiger partial charge in [-0.2, -0.15) is 0 Å². The maximum absolute atomic E-state index is 6.39. The third-order valence-corrected chi connectivity index (χ3v) is 5.39. The van der Waals surface area contributed by atoms with E-state index in [-0.39, 0.29) is 0 Å². The fourth-order valence-electron chi connectivity index (χ4n) is 2.95. The summed E-state index contributed by atoms with van der Waals surface area (Å²) < 4.78 is 0. The molecule has 3 rings (SSSR count). The molecule has 0 amide bonds. The van der Waals surface area contributed by atoms with Gasteiger partial charge in [0.15, 0.2) is 0 Å². The molecule has 1 saturated heterocycles. The Kier molecular flexibility index (Phi) is 3.92. The van der Waals surface area contributed by atoms with Crippen LogP contribution in [0.15, 0.2) is 36.4 Å². The highest BCUT2D eigenvalue weighted by molar-refractivity contribution is 7.12. The zero-order valence-electron chi connectivity index (χ0n) is 11.0. The Morgan fingerprint density at radius 3 is 2.74 bits per heavy atom. The van der Waals surface area contributed by atoms with E-state index in [9.17, 15) is 0 Å². The van der Waals surface area contributed by atoms with Crippen LogP contribution < -0.4 is 5.32 Å². The van der Waals surface area contributed by atoms with Crippen LogP contribution in [0.1, 0.15) is 33.6 Å². The van der Waals surface area contributed by atoms with Gasteiger partial charge in [-0.1, -0.05) is 29.8 Å². The molecule has 0 bridgehead atoms. The number of rotatable bonds is 2. The van der Waals surface area contributed by atoms with Gasteiger partial charge in [0.1, 0.15) is 0 Å². The van der Waals surface area contributed by atoms with E-state index >= 15 is 0 Å². The van der Waals surface area contributed by atoms with Crippen molar-refractivity contribution < 1.29 is 0 Å². The van der Waals surface area contributed by atoms with Gasteiger partial charge in [-0.15, -0.1) is 11.3 Å². The molecule has 0 radical (unpaired) electrons. The molecular formula is C16H18ClNS. The Bertz CT molecular complexity index is 563. The number of hydrogen-bond donors (Lipinski definition) is 1. The van der Waals surface area contributed by atoms with Crippen LogP contribution in [0.25, 0.3) is 0 Å². The summed E-state index contributed by atoms with van der Waals surface area (Å²) in [6.07, 6.45) is 1.19. The molecule has 1 N–H and O–H groups in total. The van der Waals surface area contributed by atoms with Crippen molar-refractivity contribution in [3.63, 3.8) is 0 Å². The van der Waals surface area contributed by atoms with Gasteiger partial charge in [-0.25, -0.2) is 0 Å². The van der Waals surface area contributed by atoms with E-state index in [2.05, 4.69) is 36.5 Å². The zero-order valence-corrected chi connectivity index (χ0v) is 12.6. The molecule has 0 aliphatic carbocycles. The minimum absolute atomic E-state index is 0.487. The maximum Gasteiger partial charge on any atom is 0.0441 e. The summed E-state index contributed by atoms with van der Waals surface area (Å²) in [6.45, 7) is 4.30. The van der Waals surface area contributed by atoms with Gasteiger partial charge in [-0.3, -0.25) is 0 Å². The molecule has 1 fully saturated rings. The summed E-state index contributed by atoms with van der Waals surface area (Å²) in [5.74, 6) is 1.08. The first-order chi connectivity index (χ1) is 9.25. The molecule has 1 aliphatic rings. The molecule has 2 atom stereocenters. The van der Waals surface area contributed by atoms with Crippen LogP contribution in [0, 0.1) is 6.92 Å². The van der Waals surface area contributed by atoms with Gasteiger partial charge in [0.25, 0.3) is 0 Å². The van der Waals surface area contributed by atoms with Crippen LogP contribution in [-0.2, 0) is 0 Å². The van der Waals surface area contributed by atoms with Crippen molar-refractivity contribution >= 4 is 22.9 Å². The first-order valence-corrected chi connectivity index (χ1v) is 7.96. The van der Waals surface area contributed by atoms with Crippen LogP contribution in [0.4, 0.5) is 0 Å². The zero-order chi connectivity index (χ0) is 13.2. The van der Waals surface area contributed by atoms with Crippen LogP contribution >= 0.6 is 22.9 Å². The lowest BCUT2D eigenvalue weighted by molar-refractivity contribution is 0.408. The Morgan fingerprint density at radius 1 is 1.16 bits per heavy atom. The van der Waals surface area contributed by atoms with Crippen molar-refractivity contribution in [3.05, 3.63) is 56.7 Å². The Hall–Kier alpha value is -0.830. The predicted octanol–water partition coefficient (Wildman–Crippen LogP) is 4.57. The molecule has 0 saturated carbocycles. The van der Waals surface area contributed by atoms with Crippen LogP contribution in [0.2, 0.25) is 5.02 Å². The lowest BCUT2D eigenvalue weighted by Crippen LogP contribution is -2.33. The average Bonchev–Trinajstić information content (AvgIpc) is 2.86. The molecule has 1 nitrogen and oxygen atoms in total. The molecule has 2 unspecified atom stereocenters. The minimum Gasteiger partial charge on any atom is -0.316 e. The van der Waals surface area contributed by atoms with E-state index in [0.717, 1.165) is 18.1 Å². The molecule has 19 heavy (non-hydrogen) atoms. The fraction of sp³-hybridized carbons (Fsp3) is 0.375. The molecule has 3 heteroatoms. The highest BCUT2D eigenvalue weighted by atomic mass is 35.5. The van der Waals surface area contributed by atoms with Crippen molar-refractivity contribution in [2.45, 2.75) is 25.2 Å². The monoisotopic (exact) mass is 291 g/mol. The van der Waals surface area contributed by atoms with Crippen molar-refractivity contribution in [2.24, 2.45) is 0 Å². The third kappa shape index (κ3) is 2.71. The molecule has 100 valence electrons. The number of halogens is 1. The molecule has 1 aromatic heterocycles. The summed E-state index contributed by atoms with van der Waals surface area (Å²) in [4.78, 5) is 2.90. The second kappa shape index (κ2) is 5.66. The summed E-state index contributed by atoms with van der Waals surface area (Å²) in [6, 6.07) is 12.8. The quantitative estimate of drug-likeness (QED) is 0.854. The summed E-state index contributed by atoms with van der Waals surface area (Å²) >= 11 is 8.32. The van der Waals surface area contributed by atoms with E-state index in [0.29, 0.717) is 11.8 Å². The first kappa shape index (κ1) is 13.2. The lowest BCUT2D eigenvalue weighted by atomic mass is 9.80. The second-order valence-electron chi connectivity index (χ2n) is 5.18. The Labute approximate surface area is 123 Å². The summed E-state index contributed by atoms with van der Waals surface area (Å²) in [5.41, 5.74) is 1.28. The van der Waals surface area contributed by atoms with Gasteiger partial charge < -0.3 is 5.32 Å². The van der Waals surface area contributed by atoms with E-state index in [1.165, 1.54) is 21.7 Å².